The number of rotatable bonds is 4. The third kappa shape index (κ3) is 2.79. The Labute approximate surface area is 109 Å². The lowest BCUT2D eigenvalue weighted by Crippen LogP contribution is -2.04. The lowest BCUT2D eigenvalue weighted by atomic mass is 10.3. The largest absolute Gasteiger partial charge is 0.489 e. The molecule has 0 unspecified atom stereocenters. The summed E-state index contributed by atoms with van der Waals surface area (Å²) >= 11 is 3.40. The molecule has 0 aliphatic heterocycles. The van der Waals surface area contributed by atoms with Gasteiger partial charge < -0.3 is 10.5 Å². The molecular formula is C12H14BrN3O. The molecule has 0 saturated carbocycles. The number of ether oxygens (including phenoxy) is 1. The van der Waals surface area contributed by atoms with E-state index < -0.39 is 0 Å². The Morgan fingerprint density at radius 1 is 1.47 bits per heavy atom. The van der Waals surface area contributed by atoms with Crippen LogP contribution in [0.15, 0.2) is 34.9 Å². The first kappa shape index (κ1) is 12.0. The molecule has 2 aromatic rings. The van der Waals surface area contributed by atoms with Gasteiger partial charge in [0.25, 0.3) is 0 Å². The van der Waals surface area contributed by atoms with E-state index in [2.05, 4.69) is 21.0 Å². The summed E-state index contributed by atoms with van der Waals surface area (Å²) in [5, 5.41) is 4.17. The van der Waals surface area contributed by atoms with Crippen LogP contribution in [0.5, 0.6) is 5.75 Å². The van der Waals surface area contributed by atoms with Crippen molar-refractivity contribution in [3.63, 3.8) is 0 Å². The van der Waals surface area contributed by atoms with E-state index >= 15 is 0 Å². The first-order chi connectivity index (χ1) is 8.20. The number of nitrogens with zero attached hydrogens (tertiary/aromatic N) is 2. The highest BCUT2D eigenvalue weighted by Crippen LogP contribution is 2.20. The van der Waals surface area contributed by atoms with Crippen molar-refractivity contribution in [1.29, 1.82) is 0 Å². The topological polar surface area (TPSA) is 53.1 Å². The summed E-state index contributed by atoms with van der Waals surface area (Å²) in [6.45, 7) is 3.20. The molecular weight excluding hydrogens is 282 g/mol. The van der Waals surface area contributed by atoms with E-state index in [1.54, 1.807) is 10.9 Å². The number of nitrogen functional groups attached to an aromatic ring is 1. The van der Waals surface area contributed by atoms with E-state index in [-0.39, 0.29) is 0 Å². The maximum Gasteiger partial charge on any atom is 0.128 e. The second-order valence-electron chi connectivity index (χ2n) is 3.62. The maximum atomic E-state index is 5.92. The van der Waals surface area contributed by atoms with Gasteiger partial charge in [-0.05, 0) is 25.1 Å². The first-order valence-electron chi connectivity index (χ1n) is 5.39. The van der Waals surface area contributed by atoms with Gasteiger partial charge in [0.05, 0.1) is 11.8 Å². The van der Waals surface area contributed by atoms with Crippen LogP contribution in [0.4, 0.5) is 5.82 Å². The van der Waals surface area contributed by atoms with E-state index in [1.807, 2.05) is 31.2 Å². The van der Waals surface area contributed by atoms with Crippen LogP contribution >= 0.6 is 15.9 Å². The Kier molecular flexibility index (Phi) is 3.68. The van der Waals surface area contributed by atoms with E-state index in [0.717, 1.165) is 22.3 Å². The molecule has 0 aliphatic rings. The zero-order chi connectivity index (χ0) is 12.3. The quantitative estimate of drug-likeness (QED) is 0.944. The summed E-state index contributed by atoms with van der Waals surface area (Å²) in [6, 6.07) is 7.71. The monoisotopic (exact) mass is 295 g/mol. The van der Waals surface area contributed by atoms with E-state index in [4.69, 9.17) is 10.5 Å². The van der Waals surface area contributed by atoms with Crippen LogP contribution in [-0.2, 0) is 13.2 Å². The van der Waals surface area contributed by atoms with Crippen molar-refractivity contribution < 1.29 is 4.74 Å². The standard InChI is InChI=1S/C12H14BrN3O/c1-2-16-12(14)9(7-15-16)8-17-11-5-3-4-10(13)6-11/h3-7H,2,8,14H2,1H3. The maximum absolute atomic E-state index is 5.92. The molecule has 2 rings (SSSR count). The van der Waals surface area contributed by atoms with Crippen molar-refractivity contribution >= 4 is 21.7 Å². The van der Waals surface area contributed by atoms with Gasteiger partial charge in [-0.1, -0.05) is 22.0 Å². The van der Waals surface area contributed by atoms with Gasteiger partial charge in [-0.25, -0.2) is 0 Å². The van der Waals surface area contributed by atoms with Gasteiger partial charge >= 0.3 is 0 Å². The van der Waals surface area contributed by atoms with Crippen LogP contribution in [0.2, 0.25) is 0 Å². The number of halogens is 1. The lowest BCUT2D eigenvalue weighted by Gasteiger charge is -2.06. The fraction of sp³-hybridized carbons (Fsp3) is 0.250. The van der Waals surface area contributed by atoms with Gasteiger partial charge in [-0.3, -0.25) is 4.68 Å². The second kappa shape index (κ2) is 5.23. The van der Waals surface area contributed by atoms with Gasteiger partial charge in [0.1, 0.15) is 18.2 Å². The zero-order valence-corrected chi connectivity index (χ0v) is 11.1. The van der Waals surface area contributed by atoms with Crippen molar-refractivity contribution in [2.45, 2.75) is 20.1 Å². The molecule has 1 heterocycles. The summed E-state index contributed by atoms with van der Waals surface area (Å²) in [4.78, 5) is 0. The number of nitrogens with two attached hydrogens (primary N) is 1. The fourth-order valence-electron chi connectivity index (χ4n) is 1.51. The number of benzene rings is 1. The fourth-order valence-corrected chi connectivity index (χ4v) is 1.89. The Bertz CT molecular complexity index is 510. The average molecular weight is 296 g/mol. The summed E-state index contributed by atoms with van der Waals surface area (Å²) in [6.07, 6.45) is 1.75. The van der Waals surface area contributed by atoms with Gasteiger partial charge in [0.15, 0.2) is 0 Å². The minimum absolute atomic E-state index is 0.433. The van der Waals surface area contributed by atoms with Gasteiger partial charge in [0, 0.05) is 11.0 Å². The Morgan fingerprint density at radius 3 is 2.94 bits per heavy atom. The molecule has 5 heteroatoms. The van der Waals surface area contributed by atoms with Crippen molar-refractivity contribution in [1.82, 2.24) is 9.78 Å². The molecule has 90 valence electrons. The van der Waals surface area contributed by atoms with Crippen LogP contribution in [0, 0.1) is 0 Å². The number of hydrogen-bond donors (Lipinski definition) is 1. The highest BCUT2D eigenvalue weighted by atomic mass is 79.9. The molecule has 0 fully saturated rings. The van der Waals surface area contributed by atoms with Gasteiger partial charge in [-0.2, -0.15) is 5.10 Å². The molecule has 0 amide bonds. The predicted molar refractivity (Wildman–Crippen MR) is 70.8 cm³/mol. The van der Waals surface area contributed by atoms with Crippen molar-refractivity contribution in [3.05, 3.63) is 40.5 Å². The van der Waals surface area contributed by atoms with Crippen LogP contribution in [0.3, 0.4) is 0 Å². The predicted octanol–water partition coefficient (Wildman–Crippen LogP) is 2.83. The summed E-state index contributed by atoms with van der Waals surface area (Å²) in [7, 11) is 0. The zero-order valence-electron chi connectivity index (χ0n) is 9.56. The summed E-state index contributed by atoms with van der Waals surface area (Å²) < 4.78 is 8.39. The Morgan fingerprint density at radius 2 is 2.29 bits per heavy atom. The van der Waals surface area contributed by atoms with Crippen LogP contribution < -0.4 is 10.5 Å². The molecule has 0 radical (unpaired) electrons. The summed E-state index contributed by atoms with van der Waals surface area (Å²) in [5.74, 6) is 1.48. The van der Waals surface area contributed by atoms with Crippen molar-refractivity contribution in [2.75, 3.05) is 5.73 Å². The first-order valence-corrected chi connectivity index (χ1v) is 6.18. The highest BCUT2D eigenvalue weighted by Gasteiger charge is 2.06. The molecule has 1 aromatic carbocycles. The Hall–Kier alpha value is -1.49. The molecule has 0 bridgehead atoms. The SMILES string of the molecule is CCn1ncc(COc2cccc(Br)c2)c1N. The van der Waals surface area contributed by atoms with Crippen LogP contribution in [-0.4, -0.2) is 9.78 Å². The van der Waals surface area contributed by atoms with E-state index in [1.165, 1.54) is 0 Å². The van der Waals surface area contributed by atoms with Gasteiger partial charge in [0.2, 0.25) is 0 Å². The molecule has 2 N–H and O–H groups in total. The minimum Gasteiger partial charge on any atom is -0.489 e. The molecule has 1 aromatic heterocycles. The third-order valence-corrected chi connectivity index (χ3v) is 2.94. The van der Waals surface area contributed by atoms with Gasteiger partial charge in [-0.15, -0.1) is 0 Å². The number of anilines is 1. The summed E-state index contributed by atoms with van der Waals surface area (Å²) in [5.41, 5.74) is 6.83. The number of hydrogen-bond acceptors (Lipinski definition) is 3. The minimum atomic E-state index is 0.433. The van der Waals surface area contributed by atoms with Crippen LogP contribution in [0.25, 0.3) is 0 Å². The van der Waals surface area contributed by atoms with E-state index in [0.29, 0.717) is 12.4 Å². The normalized spacial score (nSPS) is 10.5. The van der Waals surface area contributed by atoms with Crippen LogP contribution in [0.1, 0.15) is 12.5 Å². The van der Waals surface area contributed by atoms with Crippen molar-refractivity contribution in [3.8, 4) is 5.75 Å². The Balaban J connectivity index is 2.05. The average Bonchev–Trinajstić information content (AvgIpc) is 2.67. The molecule has 0 atom stereocenters. The van der Waals surface area contributed by atoms with E-state index in [9.17, 15) is 0 Å². The third-order valence-electron chi connectivity index (χ3n) is 2.45. The van der Waals surface area contributed by atoms with Crippen molar-refractivity contribution in [2.24, 2.45) is 0 Å². The molecule has 0 saturated heterocycles. The molecule has 4 nitrogen and oxygen atoms in total. The number of aryl methyl sites for hydroxylation is 1. The lowest BCUT2D eigenvalue weighted by molar-refractivity contribution is 0.306. The molecule has 0 spiro atoms. The number of aromatic nitrogens is 2. The second-order valence-corrected chi connectivity index (χ2v) is 4.53. The molecule has 17 heavy (non-hydrogen) atoms. The smallest absolute Gasteiger partial charge is 0.128 e. The highest BCUT2D eigenvalue weighted by molar-refractivity contribution is 9.10. The molecule has 0 aliphatic carbocycles.